The Morgan fingerprint density at radius 2 is 1.75 bits per heavy atom. The molecule has 0 radical (unpaired) electrons. The number of thiazole rings is 1. The summed E-state index contributed by atoms with van der Waals surface area (Å²) in [4.78, 5) is 68.7. The number of alkyl carbamates (subject to hydrolysis) is 1. The van der Waals surface area contributed by atoms with Crippen molar-refractivity contribution < 1.29 is 43.2 Å². The summed E-state index contributed by atoms with van der Waals surface area (Å²) >= 11 is 8.56. The Bertz CT molecular complexity index is 2190. The third kappa shape index (κ3) is 10.6. The van der Waals surface area contributed by atoms with Gasteiger partial charge < -0.3 is 44.9 Å². The third-order valence-corrected chi connectivity index (χ3v) is 14.3. The fraction of sp³-hybridized carbons (Fsp3) is 0.652. The largest absolute Gasteiger partial charge is 0.491 e. The minimum absolute atomic E-state index is 0.0378. The van der Waals surface area contributed by atoms with E-state index in [9.17, 15) is 24.3 Å². The summed E-state index contributed by atoms with van der Waals surface area (Å²) < 4.78 is 24.4. The molecule has 3 aromatic rings. The number of hydrogen-bond acceptors (Lipinski definition) is 13. The number of likely N-dealkylation sites (tertiary alicyclic amines) is 1. The second kappa shape index (κ2) is 19.6. The van der Waals surface area contributed by atoms with Gasteiger partial charge in [-0.15, -0.1) is 11.3 Å². The van der Waals surface area contributed by atoms with Gasteiger partial charge in [0.25, 0.3) is 0 Å². The summed E-state index contributed by atoms with van der Waals surface area (Å²) in [6.45, 7) is 19.8. The van der Waals surface area contributed by atoms with Gasteiger partial charge in [0.1, 0.15) is 58.7 Å². The van der Waals surface area contributed by atoms with E-state index in [-0.39, 0.29) is 37.5 Å². The first-order valence-corrected chi connectivity index (χ1v) is 23.9. The fourth-order valence-corrected chi connectivity index (χ4v) is 10.2. The number of carboxylic acid groups (broad SMARTS) is 1. The van der Waals surface area contributed by atoms with E-state index in [0.717, 1.165) is 31.1 Å². The molecular weight excluding hydrogens is 862 g/mol. The van der Waals surface area contributed by atoms with Crippen molar-refractivity contribution in [3.63, 3.8) is 0 Å². The molecule has 2 aliphatic carbocycles. The monoisotopic (exact) mass is 925 g/mol. The molecule has 16 nitrogen and oxygen atoms in total. The van der Waals surface area contributed by atoms with Crippen LogP contribution in [-0.4, -0.2) is 131 Å². The maximum Gasteiger partial charge on any atom is 0.408 e. The number of carbonyl (C=O) groups is 4. The Labute approximate surface area is 384 Å². The van der Waals surface area contributed by atoms with Gasteiger partial charge in [-0.05, 0) is 68.4 Å². The highest BCUT2D eigenvalue weighted by Crippen LogP contribution is 2.47. The lowest BCUT2D eigenvalue weighted by Gasteiger charge is -2.35. The van der Waals surface area contributed by atoms with E-state index in [4.69, 9.17) is 40.5 Å². The maximum absolute atomic E-state index is 14.9. The molecule has 1 unspecified atom stereocenters. The van der Waals surface area contributed by atoms with Crippen LogP contribution in [0.25, 0.3) is 22.3 Å². The molecule has 3 amide bonds. The molecule has 2 aliphatic heterocycles. The molecule has 64 heavy (non-hydrogen) atoms. The number of carboxylic acids is 1. The number of rotatable bonds is 16. The first-order valence-electron chi connectivity index (χ1n) is 22.6. The lowest BCUT2D eigenvalue weighted by Crippen LogP contribution is -2.59. The van der Waals surface area contributed by atoms with E-state index in [0.29, 0.717) is 83.4 Å². The van der Waals surface area contributed by atoms with Crippen molar-refractivity contribution in [2.24, 2.45) is 23.2 Å². The predicted octanol–water partition coefficient (Wildman–Crippen LogP) is 6.84. The van der Waals surface area contributed by atoms with E-state index >= 15 is 0 Å². The van der Waals surface area contributed by atoms with Gasteiger partial charge in [-0.3, -0.25) is 14.5 Å². The molecule has 1 aromatic carbocycles. The highest BCUT2D eigenvalue weighted by atomic mass is 35.5. The molecule has 4 heterocycles. The third-order valence-electron chi connectivity index (χ3n) is 13.2. The van der Waals surface area contributed by atoms with Crippen LogP contribution in [0, 0.1) is 23.2 Å². The molecule has 0 spiro atoms. The number of amides is 3. The van der Waals surface area contributed by atoms with Crippen LogP contribution in [0.3, 0.4) is 0 Å². The molecule has 2 saturated heterocycles. The molecule has 4 fully saturated rings. The zero-order valence-electron chi connectivity index (χ0n) is 38.2. The van der Waals surface area contributed by atoms with E-state index < -0.39 is 53.0 Å². The van der Waals surface area contributed by atoms with E-state index in [2.05, 4.69) is 34.7 Å². The SMILES string of the molecule is CC[C@@H]1C[C@]1(NC(=O)[C@@H]1C[C@@H](Oc2cc(-c3csc(NC(C)C)n3)nc3c(Cl)c(OCCN4CCOCC4)ccc23)CN1C(=O)[C@@H](NC(=O)OC1C[C@@H](C)[C@@H](C)C1)C(C)(C)C)C(=O)O. The molecule has 2 aromatic heterocycles. The minimum Gasteiger partial charge on any atom is -0.491 e. The molecular formula is C46H64ClN7O9S. The van der Waals surface area contributed by atoms with Crippen LogP contribution in [0.4, 0.5) is 9.93 Å². The van der Waals surface area contributed by atoms with Crippen molar-refractivity contribution >= 4 is 62.8 Å². The topological polar surface area (TPSA) is 194 Å². The molecule has 8 atom stereocenters. The number of aliphatic carboxylic acids is 1. The second-order valence-corrected chi connectivity index (χ2v) is 20.6. The average Bonchev–Trinajstić information content (AvgIpc) is 3.47. The maximum atomic E-state index is 14.9. The van der Waals surface area contributed by atoms with Gasteiger partial charge in [-0.2, -0.15) is 0 Å². The number of nitrogens with zero attached hydrogens (tertiary/aromatic N) is 4. The second-order valence-electron chi connectivity index (χ2n) is 19.4. The first kappa shape index (κ1) is 47.5. The van der Waals surface area contributed by atoms with Gasteiger partial charge in [0.2, 0.25) is 11.8 Å². The van der Waals surface area contributed by atoms with E-state index in [1.807, 2.05) is 53.0 Å². The fourth-order valence-electron chi connectivity index (χ4n) is 9.12. The Balaban J connectivity index is 1.20. The zero-order chi connectivity index (χ0) is 46.1. The van der Waals surface area contributed by atoms with E-state index in [1.165, 1.54) is 16.2 Å². The van der Waals surface area contributed by atoms with Gasteiger partial charge in [0, 0.05) is 48.9 Å². The number of aromatic nitrogens is 2. The summed E-state index contributed by atoms with van der Waals surface area (Å²) in [7, 11) is 0. The average molecular weight is 927 g/mol. The molecule has 4 N–H and O–H groups in total. The van der Waals surface area contributed by atoms with Crippen molar-refractivity contribution in [3.8, 4) is 22.9 Å². The number of hydrogen-bond donors (Lipinski definition) is 4. The molecule has 18 heteroatoms. The normalized spacial score (nSPS) is 26.4. The van der Waals surface area contributed by atoms with Gasteiger partial charge >= 0.3 is 12.1 Å². The van der Waals surface area contributed by atoms with E-state index in [1.54, 1.807) is 12.1 Å². The van der Waals surface area contributed by atoms with Crippen molar-refractivity contribution in [3.05, 3.63) is 28.6 Å². The zero-order valence-corrected chi connectivity index (χ0v) is 39.8. The highest BCUT2D eigenvalue weighted by Gasteiger charge is 2.61. The van der Waals surface area contributed by atoms with Crippen LogP contribution < -0.4 is 25.4 Å². The smallest absolute Gasteiger partial charge is 0.408 e. The minimum atomic E-state index is -1.42. The Hall–Kier alpha value is -4.45. The highest BCUT2D eigenvalue weighted by molar-refractivity contribution is 7.14. The Kier molecular flexibility index (Phi) is 14.5. The number of halogens is 1. The van der Waals surface area contributed by atoms with Gasteiger partial charge in [-0.1, -0.05) is 59.6 Å². The van der Waals surface area contributed by atoms with Crippen LogP contribution in [-0.2, 0) is 23.9 Å². The number of ether oxygens (including phenoxy) is 4. The number of anilines is 1. The number of carbonyl (C=O) groups excluding carboxylic acids is 3. The van der Waals surface area contributed by atoms with Crippen molar-refractivity contribution in [2.45, 2.75) is 123 Å². The lowest BCUT2D eigenvalue weighted by atomic mass is 9.85. The summed E-state index contributed by atoms with van der Waals surface area (Å²) in [6.07, 6.45) is 0.650. The standard InChI is InChI=1S/C46H64ClN7O9S/c1-9-28-22-46(28,42(57)58)52-40(55)34-20-30(23-54(34)41(56)39(45(6,7)8)51-44(59)63-29-18-26(4)27(5)19-29)62-36-21-32(33-24-64-43(50-33)48-25(2)3)49-38-31(36)10-11-35(37(38)47)61-17-14-53-12-15-60-16-13-53/h10-11,21,24-30,34,39H,9,12-20,22-23H2,1-8H3,(H,48,50)(H,51,59)(H,52,55)(H,57,58)/t26-,27+,28-,29?,30-,34+,39-,46-/m1/s1. The number of benzene rings is 1. The quantitative estimate of drug-likeness (QED) is 0.117. The van der Waals surface area contributed by atoms with Crippen LogP contribution in [0.2, 0.25) is 5.02 Å². The first-order chi connectivity index (χ1) is 30.4. The van der Waals surface area contributed by atoms with Crippen molar-refractivity contribution in [1.29, 1.82) is 0 Å². The molecule has 7 rings (SSSR count). The number of fused-ring (bicyclic) bond motifs is 1. The summed E-state index contributed by atoms with van der Waals surface area (Å²) in [5.41, 5.74) is -0.714. The van der Waals surface area contributed by atoms with Gasteiger partial charge in [0.15, 0.2) is 5.13 Å². The Morgan fingerprint density at radius 3 is 2.39 bits per heavy atom. The summed E-state index contributed by atoms with van der Waals surface area (Å²) in [5, 5.41) is 22.7. The molecule has 4 aliphatic rings. The predicted molar refractivity (Wildman–Crippen MR) is 245 cm³/mol. The summed E-state index contributed by atoms with van der Waals surface area (Å²) in [5.74, 6) is -0.806. The van der Waals surface area contributed by atoms with Crippen LogP contribution >= 0.6 is 22.9 Å². The van der Waals surface area contributed by atoms with Crippen LogP contribution in [0.5, 0.6) is 11.5 Å². The summed E-state index contributed by atoms with van der Waals surface area (Å²) in [6, 6.07) is 3.35. The van der Waals surface area contributed by atoms with Crippen molar-refractivity contribution in [2.75, 3.05) is 51.3 Å². The van der Waals surface area contributed by atoms with Crippen LogP contribution in [0.1, 0.15) is 87.5 Å². The van der Waals surface area contributed by atoms with Crippen molar-refractivity contribution in [1.82, 2.24) is 30.4 Å². The molecule has 0 bridgehead atoms. The van der Waals surface area contributed by atoms with Gasteiger partial charge in [0.05, 0.1) is 31.0 Å². The number of pyridine rings is 1. The Morgan fingerprint density at radius 1 is 1.03 bits per heavy atom. The van der Waals surface area contributed by atoms with Gasteiger partial charge in [-0.25, -0.2) is 19.6 Å². The van der Waals surface area contributed by atoms with Crippen LogP contribution in [0.15, 0.2) is 23.6 Å². The lowest BCUT2D eigenvalue weighted by molar-refractivity contribution is -0.146. The number of nitrogens with one attached hydrogen (secondary N) is 3. The number of morpholine rings is 1. The molecule has 2 saturated carbocycles. The molecule has 350 valence electrons.